The Balaban J connectivity index is 0.931. The monoisotopic (exact) mass is 1010 g/mol. The molecule has 0 saturated carbocycles. The maximum atomic E-state index is 6.74. The van der Waals surface area contributed by atoms with E-state index in [2.05, 4.69) is 289 Å². The predicted octanol–water partition coefficient (Wildman–Crippen LogP) is 19.2. The Labute approximate surface area is 456 Å². The lowest BCUT2D eigenvalue weighted by molar-refractivity contribution is 0.436. The highest BCUT2D eigenvalue weighted by atomic mass is 32.2. The van der Waals surface area contributed by atoms with Crippen LogP contribution in [0.2, 0.25) is 0 Å². The Morgan fingerprint density at radius 1 is 0.333 bits per heavy atom. The molecule has 13 aromatic rings. The number of hydrogen-bond donors (Lipinski definition) is 0. The van der Waals surface area contributed by atoms with Gasteiger partial charge < -0.3 is 14.2 Å². The van der Waals surface area contributed by atoms with Crippen LogP contribution in [-0.2, 0) is 10.8 Å². The molecule has 0 N–H and O–H groups in total. The van der Waals surface area contributed by atoms with E-state index in [4.69, 9.17) is 4.74 Å². The smallest absolute Gasteiger partial charge is 0.132 e. The van der Waals surface area contributed by atoms with Gasteiger partial charge in [-0.15, -0.1) is 0 Å². The number of anilines is 3. The first-order valence-electron chi connectivity index (χ1n) is 26.9. The second-order valence-electron chi connectivity index (χ2n) is 21.0. The van der Waals surface area contributed by atoms with E-state index in [-0.39, 0.29) is 0 Å². The van der Waals surface area contributed by atoms with E-state index in [0.717, 1.165) is 56.5 Å². The molecule has 0 bridgehead atoms. The fourth-order valence-electron chi connectivity index (χ4n) is 14.3. The zero-order chi connectivity index (χ0) is 51.1. The van der Waals surface area contributed by atoms with Crippen molar-refractivity contribution in [3.8, 4) is 50.6 Å². The summed E-state index contributed by atoms with van der Waals surface area (Å²) in [6.07, 6.45) is 0. The zero-order valence-corrected chi connectivity index (χ0v) is 43.1. The van der Waals surface area contributed by atoms with E-state index in [9.17, 15) is 0 Å². The highest BCUT2D eigenvalue weighted by molar-refractivity contribution is 7.99. The molecule has 0 atom stereocenters. The summed E-state index contributed by atoms with van der Waals surface area (Å²) in [5.74, 6) is 1.78. The average molecular weight is 1010 g/mol. The maximum Gasteiger partial charge on any atom is 0.132 e. The van der Waals surface area contributed by atoms with Gasteiger partial charge in [-0.25, -0.2) is 0 Å². The van der Waals surface area contributed by atoms with Crippen molar-refractivity contribution in [2.24, 2.45) is 0 Å². The highest BCUT2D eigenvalue weighted by Crippen LogP contribution is 2.66. The van der Waals surface area contributed by atoms with Crippen LogP contribution >= 0.6 is 11.8 Å². The number of hydrogen-bond acceptors (Lipinski definition) is 3. The van der Waals surface area contributed by atoms with Crippen molar-refractivity contribution in [1.82, 2.24) is 4.57 Å². The maximum absolute atomic E-state index is 6.74. The number of nitrogens with zero attached hydrogens (tertiary/aromatic N) is 2. The zero-order valence-electron chi connectivity index (χ0n) is 42.3. The number of benzene rings is 12. The summed E-state index contributed by atoms with van der Waals surface area (Å²) < 4.78 is 9.15. The molecular weight excluding hydrogens is 965 g/mol. The van der Waals surface area contributed by atoms with Gasteiger partial charge in [0.1, 0.15) is 11.5 Å². The van der Waals surface area contributed by atoms with E-state index in [0.29, 0.717) is 0 Å². The van der Waals surface area contributed by atoms with Gasteiger partial charge in [-0.2, -0.15) is 0 Å². The van der Waals surface area contributed by atoms with Crippen molar-refractivity contribution >= 4 is 50.6 Å². The summed E-state index contributed by atoms with van der Waals surface area (Å²) in [6, 6.07) is 104. The normalized spacial score (nSPS) is 14.2. The third kappa shape index (κ3) is 5.79. The van der Waals surface area contributed by atoms with Gasteiger partial charge in [-0.05, 0) is 140 Å². The van der Waals surface area contributed by atoms with Crippen molar-refractivity contribution in [2.75, 3.05) is 4.90 Å². The average Bonchev–Trinajstić information content (AvgIpc) is 3.54. The number of rotatable bonds is 5. The first-order chi connectivity index (χ1) is 38.7. The number of ether oxygens (including phenoxy) is 1. The Bertz CT molecular complexity index is 4570. The first-order valence-corrected chi connectivity index (χ1v) is 27.7. The molecule has 0 amide bonds. The van der Waals surface area contributed by atoms with Gasteiger partial charge in [-0.1, -0.05) is 212 Å². The fraction of sp³-hybridized carbons (Fsp3) is 0.0270. The molecule has 2 aliphatic heterocycles. The minimum atomic E-state index is -0.583. The van der Waals surface area contributed by atoms with Crippen LogP contribution in [0.3, 0.4) is 0 Å². The topological polar surface area (TPSA) is 17.4 Å². The minimum Gasteiger partial charge on any atom is -0.457 e. The van der Waals surface area contributed by atoms with Crippen LogP contribution < -0.4 is 9.64 Å². The van der Waals surface area contributed by atoms with Crippen LogP contribution in [-0.4, -0.2) is 4.57 Å². The fourth-order valence-corrected chi connectivity index (χ4v) is 15.5. The summed E-state index contributed by atoms with van der Waals surface area (Å²) in [6.45, 7) is 0. The molecule has 4 heteroatoms. The van der Waals surface area contributed by atoms with Gasteiger partial charge in [-0.3, -0.25) is 0 Å². The van der Waals surface area contributed by atoms with Gasteiger partial charge >= 0.3 is 0 Å². The quantitative estimate of drug-likeness (QED) is 0.171. The van der Waals surface area contributed by atoms with Gasteiger partial charge in [0.2, 0.25) is 0 Å². The minimum absolute atomic E-state index is 0.534. The molecule has 12 aromatic carbocycles. The van der Waals surface area contributed by atoms with Crippen LogP contribution in [0.15, 0.2) is 289 Å². The summed E-state index contributed by atoms with van der Waals surface area (Å²) in [4.78, 5) is 5.13. The van der Waals surface area contributed by atoms with Crippen LogP contribution in [0.4, 0.5) is 17.1 Å². The van der Waals surface area contributed by atoms with E-state index < -0.39 is 10.8 Å². The summed E-state index contributed by atoms with van der Waals surface area (Å²) in [5, 5.41) is 2.48. The lowest BCUT2D eigenvalue weighted by Crippen LogP contribution is -2.32. The van der Waals surface area contributed by atoms with Crippen LogP contribution in [0.5, 0.6) is 11.5 Å². The number of fused-ring (bicyclic) bond motifs is 21. The summed E-state index contributed by atoms with van der Waals surface area (Å²) in [5.41, 5.74) is 23.0. The SMILES string of the molecule is c1ccc(-n2c3ccccc3c3ccc(-c4cccc(N(c5ccc6c(c5)-c5ccccc5C65c6ccccc6Oc6ccccc65)c5cccc6c5-c5ccccc5C65c6ccccc6Sc6ccccc65)c4)cc32)cc1. The van der Waals surface area contributed by atoms with Crippen molar-refractivity contribution in [2.45, 2.75) is 20.6 Å². The molecule has 78 heavy (non-hydrogen) atoms. The standard InChI is InChI=1S/C74H46N2OS/c1-2-21-49(22-3-1)76-65-34-13-6-25-53(65)54-42-40-48(45-67(54)76)47-20-18-23-50(44-47)75(51-41-43-59-56(46-51)52-24-4-7-27-57(52)73(59)60-29-9-14-36-68(60)77-69-37-15-10-30-61(69)73)66-35-19-33-64-72(66)55-26-5-8-28-58(55)74(64)62-31-11-16-38-70(62)78-71-39-17-12-32-63(71)74/h1-46H. The predicted molar refractivity (Wildman–Crippen MR) is 320 cm³/mol. The molecule has 0 unspecified atom stereocenters. The Kier molecular flexibility index (Phi) is 9.20. The molecule has 0 radical (unpaired) electrons. The molecular formula is C74H46N2OS. The van der Waals surface area contributed by atoms with Gasteiger partial charge in [0, 0.05) is 54.3 Å². The summed E-state index contributed by atoms with van der Waals surface area (Å²) in [7, 11) is 0. The largest absolute Gasteiger partial charge is 0.457 e. The molecule has 3 nitrogen and oxygen atoms in total. The second kappa shape index (κ2) is 16.4. The highest BCUT2D eigenvalue weighted by Gasteiger charge is 2.53. The second-order valence-corrected chi connectivity index (χ2v) is 22.1. The first kappa shape index (κ1) is 43.6. The van der Waals surface area contributed by atoms with Crippen molar-refractivity contribution in [1.29, 1.82) is 0 Å². The van der Waals surface area contributed by atoms with E-state index in [1.54, 1.807) is 0 Å². The van der Waals surface area contributed by atoms with Gasteiger partial charge in [0.15, 0.2) is 0 Å². The Morgan fingerprint density at radius 2 is 0.872 bits per heavy atom. The van der Waals surface area contributed by atoms with E-state index in [1.165, 1.54) is 87.2 Å². The third-order valence-corrected chi connectivity index (χ3v) is 18.5. The lowest BCUT2D eigenvalue weighted by Gasteiger charge is -2.40. The molecule has 2 spiro atoms. The Morgan fingerprint density at radius 3 is 1.63 bits per heavy atom. The van der Waals surface area contributed by atoms with Gasteiger partial charge in [0.05, 0.1) is 27.6 Å². The molecule has 364 valence electrons. The van der Waals surface area contributed by atoms with E-state index >= 15 is 0 Å². The third-order valence-electron chi connectivity index (χ3n) is 17.3. The van der Waals surface area contributed by atoms with Crippen molar-refractivity contribution < 1.29 is 4.74 Å². The molecule has 0 saturated heterocycles. The van der Waals surface area contributed by atoms with E-state index in [1.807, 2.05) is 11.8 Å². The van der Waals surface area contributed by atoms with Gasteiger partial charge in [0.25, 0.3) is 0 Å². The molecule has 1 aromatic heterocycles. The van der Waals surface area contributed by atoms with Crippen molar-refractivity contribution in [3.63, 3.8) is 0 Å². The summed E-state index contributed by atoms with van der Waals surface area (Å²) >= 11 is 1.88. The van der Waals surface area contributed by atoms with Crippen molar-refractivity contribution in [3.05, 3.63) is 324 Å². The molecule has 4 aliphatic rings. The van der Waals surface area contributed by atoms with Crippen LogP contribution in [0.1, 0.15) is 44.5 Å². The van der Waals surface area contributed by atoms with Crippen LogP contribution in [0, 0.1) is 0 Å². The molecule has 17 rings (SSSR count). The molecule has 0 fully saturated rings. The van der Waals surface area contributed by atoms with Crippen LogP contribution in [0.25, 0.3) is 60.9 Å². The number of aromatic nitrogens is 1. The Hall–Kier alpha value is -9.61. The lowest BCUT2D eigenvalue weighted by atomic mass is 9.66. The molecule has 3 heterocycles. The molecule has 2 aliphatic carbocycles. The number of para-hydroxylation sites is 4.